The van der Waals surface area contributed by atoms with Gasteiger partial charge < -0.3 is 15.5 Å². The monoisotopic (exact) mass is 284 g/mol. The number of carbonyl (C=O) groups is 1. The Labute approximate surface area is 119 Å². The van der Waals surface area contributed by atoms with E-state index in [4.69, 9.17) is 5.73 Å². The molecule has 0 saturated carbocycles. The van der Waals surface area contributed by atoms with E-state index in [-0.39, 0.29) is 11.9 Å². The molecule has 1 unspecified atom stereocenters. The van der Waals surface area contributed by atoms with Crippen molar-refractivity contribution in [3.8, 4) is 0 Å². The van der Waals surface area contributed by atoms with E-state index < -0.39 is 0 Å². The molecular formula is C13H24N4OS. The third kappa shape index (κ3) is 4.89. The first-order valence-corrected chi connectivity index (χ1v) is 7.48. The molecule has 0 fully saturated rings. The maximum absolute atomic E-state index is 12.3. The van der Waals surface area contributed by atoms with Crippen LogP contribution in [0.5, 0.6) is 0 Å². The molecule has 1 amide bonds. The molecule has 1 aromatic rings. The summed E-state index contributed by atoms with van der Waals surface area (Å²) in [6.07, 6.45) is 0.969. The lowest BCUT2D eigenvalue weighted by molar-refractivity contribution is 0.0754. The molecule has 0 aliphatic heterocycles. The van der Waals surface area contributed by atoms with Crippen LogP contribution < -0.4 is 5.73 Å². The molecule has 1 heterocycles. The van der Waals surface area contributed by atoms with Gasteiger partial charge in [0.25, 0.3) is 5.91 Å². The van der Waals surface area contributed by atoms with Crippen LogP contribution in [-0.2, 0) is 0 Å². The zero-order chi connectivity index (χ0) is 14.4. The van der Waals surface area contributed by atoms with Crippen LogP contribution >= 0.6 is 11.3 Å². The van der Waals surface area contributed by atoms with Crippen molar-refractivity contribution in [2.75, 3.05) is 33.7 Å². The maximum Gasteiger partial charge on any atom is 0.273 e. The Bertz CT molecular complexity index is 403. The molecule has 6 heteroatoms. The molecule has 0 radical (unpaired) electrons. The van der Waals surface area contributed by atoms with Gasteiger partial charge >= 0.3 is 0 Å². The minimum absolute atomic E-state index is 0.00408. The van der Waals surface area contributed by atoms with Gasteiger partial charge in [0.1, 0.15) is 10.7 Å². The molecule has 1 aromatic heterocycles. The van der Waals surface area contributed by atoms with E-state index in [2.05, 4.69) is 9.88 Å². The number of thiazole rings is 1. The lowest BCUT2D eigenvalue weighted by Crippen LogP contribution is -2.33. The second-order valence-corrected chi connectivity index (χ2v) is 5.79. The maximum atomic E-state index is 12.3. The Hall–Kier alpha value is -0.980. The first kappa shape index (κ1) is 16.1. The number of aromatic nitrogens is 1. The minimum atomic E-state index is -0.115. The summed E-state index contributed by atoms with van der Waals surface area (Å²) >= 11 is 1.45. The van der Waals surface area contributed by atoms with Crippen molar-refractivity contribution in [1.82, 2.24) is 14.8 Å². The van der Waals surface area contributed by atoms with E-state index in [1.807, 2.05) is 32.8 Å². The quantitative estimate of drug-likeness (QED) is 0.825. The van der Waals surface area contributed by atoms with Crippen LogP contribution in [0.2, 0.25) is 0 Å². The van der Waals surface area contributed by atoms with Gasteiger partial charge in [-0.1, -0.05) is 0 Å². The predicted molar refractivity (Wildman–Crippen MR) is 79.5 cm³/mol. The second-order valence-electron chi connectivity index (χ2n) is 4.90. The fourth-order valence-electron chi connectivity index (χ4n) is 1.74. The van der Waals surface area contributed by atoms with Crippen molar-refractivity contribution >= 4 is 17.2 Å². The number of amides is 1. The van der Waals surface area contributed by atoms with Gasteiger partial charge in [0.05, 0.1) is 6.04 Å². The lowest BCUT2D eigenvalue weighted by atomic mass is 10.3. The number of carbonyl (C=O) groups excluding carboxylic acids is 1. The first-order chi connectivity index (χ1) is 8.95. The average molecular weight is 284 g/mol. The van der Waals surface area contributed by atoms with E-state index in [0.29, 0.717) is 12.2 Å². The topological polar surface area (TPSA) is 62.5 Å². The van der Waals surface area contributed by atoms with Gasteiger partial charge in [-0.25, -0.2) is 4.98 Å². The zero-order valence-corrected chi connectivity index (χ0v) is 13.0. The van der Waals surface area contributed by atoms with Gasteiger partial charge in [0.15, 0.2) is 0 Å². The van der Waals surface area contributed by atoms with Gasteiger partial charge in [0.2, 0.25) is 0 Å². The normalized spacial score (nSPS) is 12.7. The molecule has 0 saturated heterocycles. The Morgan fingerprint density at radius 2 is 2.16 bits per heavy atom. The summed E-state index contributed by atoms with van der Waals surface area (Å²) in [5.74, 6) is 0.00408. The van der Waals surface area contributed by atoms with Crippen molar-refractivity contribution in [2.24, 2.45) is 5.73 Å². The third-order valence-electron chi connectivity index (χ3n) is 2.83. The molecule has 108 valence electrons. The van der Waals surface area contributed by atoms with Crippen molar-refractivity contribution in [2.45, 2.75) is 26.3 Å². The first-order valence-electron chi connectivity index (χ1n) is 6.60. The SMILES string of the molecule is CCN(CCCN(C)C)C(=O)c1csc(C(C)N)n1. The fraction of sp³-hybridized carbons (Fsp3) is 0.692. The van der Waals surface area contributed by atoms with Crippen molar-refractivity contribution in [3.63, 3.8) is 0 Å². The summed E-state index contributed by atoms with van der Waals surface area (Å²) in [6.45, 7) is 6.32. The number of nitrogens with two attached hydrogens (primary N) is 1. The van der Waals surface area contributed by atoms with E-state index in [0.717, 1.165) is 24.5 Å². The summed E-state index contributed by atoms with van der Waals surface area (Å²) in [5.41, 5.74) is 6.28. The molecule has 0 aliphatic carbocycles. The largest absolute Gasteiger partial charge is 0.338 e. The van der Waals surface area contributed by atoms with Crippen LogP contribution in [0.15, 0.2) is 5.38 Å². The Morgan fingerprint density at radius 3 is 2.63 bits per heavy atom. The average Bonchev–Trinajstić information content (AvgIpc) is 2.83. The van der Waals surface area contributed by atoms with Crippen LogP contribution in [0, 0.1) is 0 Å². The predicted octanol–water partition coefficient (Wildman–Crippen LogP) is 1.58. The third-order valence-corrected chi connectivity index (χ3v) is 3.88. The molecule has 1 atom stereocenters. The number of hydrogen-bond donors (Lipinski definition) is 1. The van der Waals surface area contributed by atoms with E-state index in [1.165, 1.54) is 11.3 Å². The van der Waals surface area contributed by atoms with E-state index in [1.54, 1.807) is 5.38 Å². The minimum Gasteiger partial charge on any atom is -0.338 e. The van der Waals surface area contributed by atoms with Crippen LogP contribution in [0.3, 0.4) is 0 Å². The summed E-state index contributed by atoms with van der Waals surface area (Å²) in [4.78, 5) is 20.6. The van der Waals surface area contributed by atoms with Crippen molar-refractivity contribution in [3.05, 3.63) is 16.1 Å². The number of nitrogens with zero attached hydrogens (tertiary/aromatic N) is 3. The number of rotatable bonds is 7. The molecule has 5 nitrogen and oxygen atoms in total. The summed E-state index contributed by atoms with van der Waals surface area (Å²) < 4.78 is 0. The van der Waals surface area contributed by atoms with Gasteiger partial charge in [-0.2, -0.15) is 0 Å². The molecule has 2 N–H and O–H groups in total. The Morgan fingerprint density at radius 1 is 1.47 bits per heavy atom. The molecule has 0 aromatic carbocycles. The molecule has 0 aliphatic rings. The smallest absolute Gasteiger partial charge is 0.273 e. The van der Waals surface area contributed by atoms with Crippen LogP contribution in [0.4, 0.5) is 0 Å². The highest BCUT2D eigenvalue weighted by Crippen LogP contribution is 2.17. The van der Waals surface area contributed by atoms with E-state index >= 15 is 0 Å². The Balaban J connectivity index is 2.61. The Kier molecular flexibility index (Phi) is 6.41. The van der Waals surface area contributed by atoms with Crippen LogP contribution in [-0.4, -0.2) is 54.4 Å². The van der Waals surface area contributed by atoms with Crippen LogP contribution in [0.25, 0.3) is 0 Å². The van der Waals surface area contributed by atoms with Gasteiger partial charge in [-0.15, -0.1) is 11.3 Å². The summed E-state index contributed by atoms with van der Waals surface area (Å²) in [6, 6.07) is -0.115. The summed E-state index contributed by atoms with van der Waals surface area (Å²) in [5, 5.41) is 2.61. The number of hydrogen-bond acceptors (Lipinski definition) is 5. The standard InChI is InChI=1S/C13H24N4OS/c1-5-17(8-6-7-16(3)4)13(18)11-9-19-12(15-11)10(2)14/h9-10H,5-8,14H2,1-4H3. The zero-order valence-electron chi connectivity index (χ0n) is 12.2. The van der Waals surface area contributed by atoms with Gasteiger partial charge in [-0.3, -0.25) is 4.79 Å². The van der Waals surface area contributed by atoms with Crippen molar-refractivity contribution < 1.29 is 4.79 Å². The highest BCUT2D eigenvalue weighted by atomic mass is 32.1. The molecule has 19 heavy (non-hydrogen) atoms. The molecule has 1 rings (SSSR count). The molecule has 0 spiro atoms. The molecule has 0 bridgehead atoms. The second kappa shape index (κ2) is 7.57. The lowest BCUT2D eigenvalue weighted by Gasteiger charge is -2.20. The van der Waals surface area contributed by atoms with Gasteiger partial charge in [0, 0.05) is 18.5 Å². The highest BCUT2D eigenvalue weighted by Gasteiger charge is 2.18. The highest BCUT2D eigenvalue weighted by molar-refractivity contribution is 7.09. The van der Waals surface area contributed by atoms with Crippen LogP contribution in [0.1, 0.15) is 41.8 Å². The summed E-state index contributed by atoms with van der Waals surface area (Å²) in [7, 11) is 4.07. The van der Waals surface area contributed by atoms with Gasteiger partial charge in [-0.05, 0) is 40.9 Å². The molecular weight excluding hydrogens is 260 g/mol. The van der Waals surface area contributed by atoms with E-state index in [9.17, 15) is 4.79 Å². The fourth-order valence-corrected chi connectivity index (χ4v) is 2.49. The van der Waals surface area contributed by atoms with Crippen molar-refractivity contribution in [1.29, 1.82) is 0 Å².